The molecule has 0 amide bonds. The van der Waals surface area contributed by atoms with Gasteiger partial charge in [-0.3, -0.25) is 4.90 Å². The van der Waals surface area contributed by atoms with Gasteiger partial charge in [0.1, 0.15) is 5.01 Å². The van der Waals surface area contributed by atoms with E-state index in [1.54, 1.807) is 11.3 Å². The molecule has 1 aromatic heterocycles. The van der Waals surface area contributed by atoms with Crippen LogP contribution in [0, 0.1) is 5.92 Å². The van der Waals surface area contributed by atoms with Crippen LogP contribution in [0.15, 0.2) is 29.6 Å². The third-order valence-electron chi connectivity index (χ3n) is 3.98. The number of piperidine rings is 1. The van der Waals surface area contributed by atoms with Crippen LogP contribution in [0.1, 0.15) is 18.5 Å². The number of hydrogen-bond donors (Lipinski definition) is 1. The van der Waals surface area contributed by atoms with Gasteiger partial charge in [0, 0.05) is 24.0 Å². The van der Waals surface area contributed by atoms with Crippen LogP contribution in [0.25, 0.3) is 10.6 Å². The maximum absolute atomic E-state index is 6.24. The van der Waals surface area contributed by atoms with Gasteiger partial charge in [-0.15, -0.1) is 11.3 Å². The molecule has 1 saturated heterocycles. The number of nitrogens with two attached hydrogens (primary N) is 1. The van der Waals surface area contributed by atoms with Crippen molar-refractivity contribution in [3.8, 4) is 10.6 Å². The first-order valence-electron chi connectivity index (χ1n) is 7.38. The normalized spacial score (nSPS) is 19.8. The van der Waals surface area contributed by atoms with E-state index in [4.69, 9.17) is 22.3 Å². The summed E-state index contributed by atoms with van der Waals surface area (Å²) in [5, 5.41) is 3.91. The summed E-state index contributed by atoms with van der Waals surface area (Å²) >= 11 is 7.91. The fraction of sp³-hybridized carbons (Fsp3) is 0.438. The largest absolute Gasteiger partial charge is 0.330 e. The Hall–Kier alpha value is -0.940. The fourth-order valence-electron chi connectivity index (χ4n) is 2.85. The van der Waals surface area contributed by atoms with Gasteiger partial charge in [-0.1, -0.05) is 29.8 Å². The molecule has 3 nitrogen and oxygen atoms in total. The number of hydrogen-bond acceptors (Lipinski definition) is 4. The molecule has 1 aromatic carbocycles. The number of thiazole rings is 1. The molecule has 1 aliphatic heterocycles. The number of aromatic nitrogens is 1. The molecular formula is C16H20ClN3S. The van der Waals surface area contributed by atoms with E-state index < -0.39 is 0 Å². The van der Waals surface area contributed by atoms with Crippen LogP contribution < -0.4 is 5.73 Å². The highest BCUT2D eigenvalue weighted by atomic mass is 35.5. The molecule has 2 aromatic rings. The van der Waals surface area contributed by atoms with Crippen molar-refractivity contribution in [3.05, 3.63) is 40.4 Å². The standard InChI is InChI=1S/C16H20ClN3S/c17-15-6-2-1-5-14(15)16-19-13(11-21-16)10-20-7-3-4-12(8-18)9-20/h1-2,5-6,11-12H,3-4,7-10,18H2. The molecule has 0 saturated carbocycles. The van der Waals surface area contributed by atoms with Crippen LogP contribution in [0.2, 0.25) is 5.02 Å². The Balaban J connectivity index is 1.69. The summed E-state index contributed by atoms with van der Waals surface area (Å²) in [4.78, 5) is 7.21. The molecule has 1 aliphatic rings. The topological polar surface area (TPSA) is 42.1 Å². The van der Waals surface area contributed by atoms with Crippen LogP contribution in [-0.2, 0) is 6.54 Å². The lowest BCUT2D eigenvalue weighted by molar-refractivity contribution is 0.169. The van der Waals surface area contributed by atoms with Crippen molar-refractivity contribution in [1.29, 1.82) is 0 Å². The highest BCUT2D eigenvalue weighted by molar-refractivity contribution is 7.13. The summed E-state index contributed by atoms with van der Waals surface area (Å²) in [6, 6.07) is 7.88. The van der Waals surface area contributed by atoms with E-state index in [0.717, 1.165) is 47.5 Å². The second-order valence-electron chi connectivity index (χ2n) is 5.60. The van der Waals surface area contributed by atoms with E-state index in [9.17, 15) is 0 Å². The van der Waals surface area contributed by atoms with E-state index in [0.29, 0.717) is 5.92 Å². The van der Waals surface area contributed by atoms with Crippen LogP contribution in [0.4, 0.5) is 0 Å². The first kappa shape index (κ1) is 15.0. The molecule has 2 heterocycles. The Morgan fingerprint density at radius 2 is 2.24 bits per heavy atom. The molecule has 1 fully saturated rings. The van der Waals surface area contributed by atoms with Crippen molar-refractivity contribution in [2.75, 3.05) is 19.6 Å². The lowest BCUT2D eigenvalue weighted by atomic mass is 9.98. The van der Waals surface area contributed by atoms with Crippen molar-refractivity contribution in [2.45, 2.75) is 19.4 Å². The summed E-state index contributed by atoms with van der Waals surface area (Å²) < 4.78 is 0. The van der Waals surface area contributed by atoms with Gasteiger partial charge < -0.3 is 5.73 Å². The SMILES string of the molecule is NCC1CCCN(Cc2csc(-c3ccccc3Cl)n2)C1. The third kappa shape index (κ3) is 3.64. The Kier molecular flexibility index (Phi) is 4.91. The third-order valence-corrected chi connectivity index (χ3v) is 5.23. The summed E-state index contributed by atoms with van der Waals surface area (Å²) in [6.07, 6.45) is 2.50. The minimum absolute atomic E-state index is 0.639. The predicted molar refractivity (Wildman–Crippen MR) is 89.6 cm³/mol. The molecule has 21 heavy (non-hydrogen) atoms. The first-order chi connectivity index (χ1) is 10.3. The van der Waals surface area contributed by atoms with Gasteiger partial charge >= 0.3 is 0 Å². The Morgan fingerprint density at radius 3 is 3.05 bits per heavy atom. The van der Waals surface area contributed by atoms with Gasteiger partial charge in [0.25, 0.3) is 0 Å². The van der Waals surface area contributed by atoms with Crippen molar-refractivity contribution in [3.63, 3.8) is 0 Å². The van der Waals surface area contributed by atoms with Crippen molar-refractivity contribution < 1.29 is 0 Å². The molecule has 2 N–H and O–H groups in total. The Labute approximate surface area is 134 Å². The summed E-state index contributed by atoms with van der Waals surface area (Å²) in [5.41, 5.74) is 7.95. The molecule has 0 radical (unpaired) electrons. The van der Waals surface area contributed by atoms with E-state index in [1.165, 1.54) is 12.8 Å². The minimum Gasteiger partial charge on any atom is -0.330 e. The number of nitrogens with zero attached hydrogens (tertiary/aromatic N) is 2. The molecule has 3 rings (SSSR count). The smallest absolute Gasteiger partial charge is 0.125 e. The average molecular weight is 322 g/mol. The molecule has 0 aliphatic carbocycles. The first-order valence-corrected chi connectivity index (χ1v) is 8.63. The quantitative estimate of drug-likeness (QED) is 0.935. The van der Waals surface area contributed by atoms with E-state index >= 15 is 0 Å². The lowest BCUT2D eigenvalue weighted by Crippen LogP contribution is -2.37. The highest BCUT2D eigenvalue weighted by Gasteiger charge is 2.19. The van der Waals surface area contributed by atoms with Crippen molar-refractivity contribution >= 4 is 22.9 Å². The van der Waals surface area contributed by atoms with E-state index in [-0.39, 0.29) is 0 Å². The zero-order valence-electron chi connectivity index (χ0n) is 12.0. The van der Waals surface area contributed by atoms with Gasteiger partial charge in [-0.25, -0.2) is 4.98 Å². The van der Waals surface area contributed by atoms with Crippen LogP contribution in [-0.4, -0.2) is 29.5 Å². The number of rotatable bonds is 4. The Morgan fingerprint density at radius 1 is 1.38 bits per heavy atom. The minimum atomic E-state index is 0.639. The summed E-state index contributed by atoms with van der Waals surface area (Å²) in [5.74, 6) is 0.639. The van der Waals surface area contributed by atoms with Crippen molar-refractivity contribution in [1.82, 2.24) is 9.88 Å². The van der Waals surface area contributed by atoms with Crippen LogP contribution in [0.5, 0.6) is 0 Å². The van der Waals surface area contributed by atoms with E-state index in [2.05, 4.69) is 10.3 Å². The number of likely N-dealkylation sites (tertiary alicyclic amines) is 1. The molecule has 0 bridgehead atoms. The van der Waals surface area contributed by atoms with Gasteiger partial charge in [-0.2, -0.15) is 0 Å². The zero-order valence-corrected chi connectivity index (χ0v) is 13.5. The maximum atomic E-state index is 6.24. The molecule has 1 unspecified atom stereocenters. The fourth-order valence-corrected chi connectivity index (χ4v) is 3.99. The molecule has 5 heteroatoms. The Bertz CT molecular complexity index is 599. The van der Waals surface area contributed by atoms with Gasteiger partial charge in [0.15, 0.2) is 0 Å². The molecule has 1 atom stereocenters. The lowest BCUT2D eigenvalue weighted by Gasteiger charge is -2.31. The van der Waals surface area contributed by atoms with Crippen LogP contribution in [0.3, 0.4) is 0 Å². The summed E-state index contributed by atoms with van der Waals surface area (Å²) in [7, 11) is 0. The monoisotopic (exact) mass is 321 g/mol. The summed E-state index contributed by atoms with van der Waals surface area (Å²) in [6.45, 7) is 3.95. The second kappa shape index (κ2) is 6.88. The van der Waals surface area contributed by atoms with Gasteiger partial charge in [0.05, 0.1) is 10.7 Å². The average Bonchev–Trinajstić information content (AvgIpc) is 2.96. The molecular weight excluding hydrogens is 302 g/mol. The van der Waals surface area contributed by atoms with Gasteiger partial charge in [-0.05, 0) is 37.9 Å². The molecule has 112 valence electrons. The van der Waals surface area contributed by atoms with Crippen LogP contribution >= 0.6 is 22.9 Å². The van der Waals surface area contributed by atoms with E-state index in [1.807, 2.05) is 24.3 Å². The number of halogens is 1. The second-order valence-corrected chi connectivity index (χ2v) is 6.87. The predicted octanol–water partition coefficient (Wildman–Crippen LogP) is 3.63. The maximum Gasteiger partial charge on any atom is 0.125 e. The van der Waals surface area contributed by atoms with Gasteiger partial charge in [0.2, 0.25) is 0 Å². The zero-order chi connectivity index (χ0) is 14.7. The molecule has 0 spiro atoms. The van der Waals surface area contributed by atoms with Crippen molar-refractivity contribution in [2.24, 2.45) is 11.7 Å². The highest BCUT2D eigenvalue weighted by Crippen LogP contribution is 2.30. The number of benzene rings is 1.